The number of aromatic amines is 1. The predicted molar refractivity (Wildman–Crippen MR) is 138 cm³/mol. The summed E-state index contributed by atoms with van der Waals surface area (Å²) in [6.07, 6.45) is -0.408. The van der Waals surface area contributed by atoms with E-state index in [0.717, 1.165) is 18.6 Å². The average Bonchev–Trinajstić information content (AvgIpc) is 3.38. The number of hydrogen-bond acceptors (Lipinski definition) is 5. The maximum Gasteiger partial charge on any atom is 0.417 e. The number of nitrogens with two attached hydrogens (primary N) is 1. The summed E-state index contributed by atoms with van der Waals surface area (Å²) in [6, 6.07) is 5.95. The van der Waals surface area contributed by atoms with Crippen LogP contribution in [0.25, 0.3) is 11.3 Å². The van der Waals surface area contributed by atoms with Crippen LogP contribution in [0.4, 0.5) is 13.2 Å². The van der Waals surface area contributed by atoms with E-state index in [-0.39, 0.29) is 42.8 Å². The third-order valence-corrected chi connectivity index (χ3v) is 5.70. The Morgan fingerprint density at radius 3 is 2.41 bits per heavy atom. The number of nitrogens with one attached hydrogen (secondary N) is 3. The average molecular weight is 551 g/mol. The fourth-order valence-corrected chi connectivity index (χ4v) is 3.75. The molecule has 0 fully saturated rings. The third kappa shape index (κ3) is 9.95. The normalized spacial score (nSPS) is 13.1. The van der Waals surface area contributed by atoms with Gasteiger partial charge in [-0.3, -0.25) is 14.4 Å². The highest BCUT2D eigenvalue weighted by molar-refractivity contribution is 5.97. The second-order valence-electron chi connectivity index (χ2n) is 8.73. The monoisotopic (exact) mass is 550 g/mol. The molecular weight excluding hydrogens is 517 g/mol. The Morgan fingerprint density at radius 1 is 1.05 bits per heavy atom. The van der Waals surface area contributed by atoms with Crippen molar-refractivity contribution in [1.29, 1.82) is 0 Å². The van der Waals surface area contributed by atoms with Gasteiger partial charge >= 0.3 is 12.1 Å². The second kappa shape index (κ2) is 14.7. The number of amides is 3. The Labute approximate surface area is 224 Å². The number of H-pyrrole nitrogens is 1. The number of carbonyl (C=O) groups is 4. The molecule has 0 saturated carbocycles. The fraction of sp³-hybridized carbons (Fsp3) is 0.407. The molecule has 0 radical (unpaired) electrons. The molecule has 1 aromatic heterocycles. The topological polar surface area (TPSA) is 143 Å². The van der Waals surface area contributed by atoms with Crippen LogP contribution in [0.5, 0.6) is 0 Å². The number of rotatable bonds is 14. The molecule has 12 heteroatoms. The minimum Gasteiger partial charge on any atom is -0.463 e. The summed E-state index contributed by atoms with van der Waals surface area (Å²) in [5.41, 5.74) is 4.32. The van der Waals surface area contributed by atoms with Crippen LogP contribution < -0.4 is 16.4 Å². The number of carbonyl (C=O) groups excluding carboxylic acids is 4. The van der Waals surface area contributed by atoms with Crippen molar-refractivity contribution in [3.8, 4) is 11.3 Å². The number of unbranched alkanes of at least 4 members (excludes halogenated alkanes) is 1. The maximum atomic E-state index is 13.4. The molecule has 0 bridgehead atoms. The molecule has 0 aliphatic rings. The van der Waals surface area contributed by atoms with Crippen molar-refractivity contribution in [2.45, 2.75) is 64.2 Å². The Morgan fingerprint density at radius 2 is 1.77 bits per heavy atom. The molecule has 0 spiro atoms. The van der Waals surface area contributed by atoms with E-state index in [1.54, 1.807) is 6.92 Å². The quantitative estimate of drug-likeness (QED) is 0.209. The summed E-state index contributed by atoms with van der Waals surface area (Å²) < 4.78 is 45.1. The van der Waals surface area contributed by atoms with Gasteiger partial charge < -0.3 is 26.1 Å². The summed E-state index contributed by atoms with van der Waals surface area (Å²) >= 11 is 0. The number of benzene rings is 1. The van der Waals surface area contributed by atoms with Gasteiger partial charge in [0.1, 0.15) is 11.7 Å². The molecule has 5 N–H and O–H groups in total. The zero-order chi connectivity index (χ0) is 29.0. The van der Waals surface area contributed by atoms with Crippen molar-refractivity contribution in [3.05, 3.63) is 59.8 Å². The van der Waals surface area contributed by atoms with Gasteiger partial charge in [0.2, 0.25) is 11.8 Å². The molecule has 0 aliphatic carbocycles. The Bertz CT molecular complexity index is 1180. The van der Waals surface area contributed by atoms with E-state index >= 15 is 0 Å². The molecule has 1 aromatic carbocycles. The van der Waals surface area contributed by atoms with Crippen LogP contribution in [0.3, 0.4) is 0 Å². The van der Waals surface area contributed by atoms with Crippen molar-refractivity contribution in [2.24, 2.45) is 5.73 Å². The van der Waals surface area contributed by atoms with Crippen molar-refractivity contribution in [1.82, 2.24) is 15.6 Å². The first-order valence-corrected chi connectivity index (χ1v) is 12.6. The number of ether oxygens (including phenoxy) is 1. The third-order valence-electron chi connectivity index (χ3n) is 5.70. The summed E-state index contributed by atoms with van der Waals surface area (Å²) in [4.78, 5) is 51.7. The minimum atomic E-state index is -4.58. The Hall–Kier alpha value is -4.09. The highest BCUT2D eigenvalue weighted by Crippen LogP contribution is 2.36. The van der Waals surface area contributed by atoms with E-state index in [1.807, 2.05) is 6.92 Å². The lowest BCUT2D eigenvalue weighted by atomic mass is 10.0. The van der Waals surface area contributed by atoms with Gasteiger partial charge in [-0.1, -0.05) is 44.0 Å². The molecular formula is C27H33F3N4O5. The standard InChI is InChI=1S/C27H33F3N4O5/c1-3-5-10-21(25(37)32-17(11-15-23(31)35)12-16-24(36)39-4-2)34-26(38)22-14-13-20(33-22)18-8-6-7-9-19(18)27(28,29)30/h6-9,12-14,16-17,21,33H,3-5,10-11,15H2,1-2H3,(H2,31,35)(H,32,37)(H,34,38)/b16-12+/t17-,21-/m1/s1. The molecule has 2 aromatic rings. The fourth-order valence-electron chi connectivity index (χ4n) is 3.75. The molecule has 2 rings (SSSR count). The SMILES string of the molecule is CCCC[C@@H](NC(=O)c1ccc(-c2ccccc2C(F)(F)F)[nH]1)C(=O)N[C@@H](/C=C/C(=O)OCC)CCC(N)=O. The lowest BCUT2D eigenvalue weighted by molar-refractivity contribution is -0.138. The number of primary amides is 1. The Kier molecular flexibility index (Phi) is 11.8. The van der Waals surface area contributed by atoms with Crippen LogP contribution in [-0.2, 0) is 25.3 Å². The van der Waals surface area contributed by atoms with E-state index in [9.17, 15) is 32.3 Å². The van der Waals surface area contributed by atoms with Crippen LogP contribution in [0.2, 0.25) is 0 Å². The lowest BCUT2D eigenvalue weighted by Crippen LogP contribution is -2.49. The zero-order valence-corrected chi connectivity index (χ0v) is 21.8. The van der Waals surface area contributed by atoms with E-state index in [2.05, 4.69) is 15.6 Å². The summed E-state index contributed by atoms with van der Waals surface area (Å²) in [7, 11) is 0. The Balaban J connectivity index is 2.20. The van der Waals surface area contributed by atoms with E-state index in [0.29, 0.717) is 6.42 Å². The molecule has 3 amide bonds. The van der Waals surface area contributed by atoms with Gasteiger partial charge in [0.25, 0.3) is 5.91 Å². The first-order valence-electron chi connectivity index (χ1n) is 12.6. The van der Waals surface area contributed by atoms with Gasteiger partial charge in [-0.2, -0.15) is 13.2 Å². The van der Waals surface area contributed by atoms with E-state index < -0.39 is 47.5 Å². The molecule has 0 saturated heterocycles. The van der Waals surface area contributed by atoms with E-state index in [4.69, 9.17) is 10.5 Å². The molecule has 39 heavy (non-hydrogen) atoms. The zero-order valence-electron chi connectivity index (χ0n) is 21.8. The number of esters is 1. The van der Waals surface area contributed by atoms with Crippen LogP contribution in [0.1, 0.15) is 62.0 Å². The number of halogens is 3. The molecule has 1 heterocycles. The first-order chi connectivity index (χ1) is 18.5. The van der Waals surface area contributed by atoms with Crippen LogP contribution in [-0.4, -0.2) is 47.4 Å². The van der Waals surface area contributed by atoms with Crippen molar-refractivity contribution in [2.75, 3.05) is 6.61 Å². The summed E-state index contributed by atoms with van der Waals surface area (Å²) in [5.74, 6) is -2.46. The molecule has 0 aliphatic heterocycles. The minimum absolute atomic E-state index is 0.0243. The number of aromatic nitrogens is 1. The second-order valence-corrected chi connectivity index (χ2v) is 8.73. The number of hydrogen-bond donors (Lipinski definition) is 4. The molecule has 212 valence electrons. The van der Waals surface area contributed by atoms with Crippen LogP contribution >= 0.6 is 0 Å². The maximum absolute atomic E-state index is 13.4. The lowest BCUT2D eigenvalue weighted by Gasteiger charge is -2.21. The van der Waals surface area contributed by atoms with E-state index in [1.165, 1.54) is 36.4 Å². The molecule has 9 nitrogen and oxygen atoms in total. The smallest absolute Gasteiger partial charge is 0.417 e. The van der Waals surface area contributed by atoms with Gasteiger partial charge in [0, 0.05) is 29.8 Å². The van der Waals surface area contributed by atoms with Gasteiger partial charge in [0.15, 0.2) is 0 Å². The van der Waals surface area contributed by atoms with Crippen molar-refractivity contribution >= 4 is 23.7 Å². The number of alkyl halides is 3. The van der Waals surface area contributed by atoms with Gasteiger partial charge in [0.05, 0.1) is 12.2 Å². The highest BCUT2D eigenvalue weighted by atomic mass is 19.4. The van der Waals surface area contributed by atoms with Gasteiger partial charge in [-0.25, -0.2) is 4.79 Å². The van der Waals surface area contributed by atoms with Crippen LogP contribution in [0, 0.1) is 0 Å². The van der Waals surface area contributed by atoms with Gasteiger partial charge in [-0.05, 0) is 38.0 Å². The molecule has 2 atom stereocenters. The molecule has 0 unspecified atom stereocenters. The predicted octanol–water partition coefficient (Wildman–Crippen LogP) is 3.86. The van der Waals surface area contributed by atoms with Crippen molar-refractivity contribution in [3.63, 3.8) is 0 Å². The highest BCUT2D eigenvalue weighted by Gasteiger charge is 2.33. The summed E-state index contributed by atoms with van der Waals surface area (Å²) in [5, 5.41) is 5.32. The van der Waals surface area contributed by atoms with Crippen molar-refractivity contribution < 1.29 is 37.1 Å². The first kappa shape index (κ1) is 31.1. The largest absolute Gasteiger partial charge is 0.463 e. The summed E-state index contributed by atoms with van der Waals surface area (Å²) in [6.45, 7) is 3.71. The van der Waals surface area contributed by atoms with Gasteiger partial charge in [-0.15, -0.1) is 0 Å². The van der Waals surface area contributed by atoms with Crippen LogP contribution in [0.15, 0.2) is 48.6 Å².